The van der Waals surface area contributed by atoms with Crippen molar-refractivity contribution in [3.63, 3.8) is 0 Å². The van der Waals surface area contributed by atoms with E-state index in [-0.39, 0.29) is 12.0 Å². The van der Waals surface area contributed by atoms with Gasteiger partial charge in [-0.3, -0.25) is 9.69 Å². The van der Waals surface area contributed by atoms with Crippen LogP contribution >= 0.6 is 0 Å². The average molecular weight is 270 g/mol. The van der Waals surface area contributed by atoms with E-state index in [4.69, 9.17) is 9.47 Å². The van der Waals surface area contributed by atoms with Crippen LogP contribution in [0, 0.1) is 0 Å². The minimum atomic E-state index is -0.176. The molecule has 0 saturated carbocycles. The lowest BCUT2D eigenvalue weighted by atomic mass is 10.2. The van der Waals surface area contributed by atoms with E-state index in [2.05, 4.69) is 10.2 Å². The maximum Gasteiger partial charge on any atom is 0.323 e. The summed E-state index contributed by atoms with van der Waals surface area (Å²) in [6.07, 6.45) is 4.02. The Labute approximate surface area is 115 Å². The second-order valence-corrected chi connectivity index (χ2v) is 5.37. The van der Waals surface area contributed by atoms with Crippen molar-refractivity contribution < 1.29 is 14.3 Å². The van der Waals surface area contributed by atoms with E-state index in [1.54, 1.807) is 0 Å². The molecule has 0 spiro atoms. The third kappa shape index (κ3) is 4.16. The van der Waals surface area contributed by atoms with Crippen LogP contribution in [0.1, 0.15) is 33.1 Å². The second-order valence-electron chi connectivity index (χ2n) is 5.37. The summed E-state index contributed by atoms with van der Waals surface area (Å²) in [7, 11) is 0. The van der Waals surface area contributed by atoms with Gasteiger partial charge in [0.25, 0.3) is 0 Å². The van der Waals surface area contributed by atoms with Gasteiger partial charge in [0.05, 0.1) is 18.8 Å². The molecule has 0 aliphatic carbocycles. The summed E-state index contributed by atoms with van der Waals surface area (Å²) < 4.78 is 10.9. The highest BCUT2D eigenvalue weighted by atomic mass is 16.5. The maximum absolute atomic E-state index is 11.8. The predicted molar refractivity (Wildman–Crippen MR) is 73.0 cm³/mol. The molecule has 5 heteroatoms. The molecule has 2 rings (SSSR count). The van der Waals surface area contributed by atoms with Crippen LogP contribution < -0.4 is 5.32 Å². The van der Waals surface area contributed by atoms with Gasteiger partial charge in [0.15, 0.2) is 0 Å². The Balaban J connectivity index is 1.76. The molecular formula is C14H26N2O3. The molecule has 5 nitrogen and oxygen atoms in total. The van der Waals surface area contributed by atoms with Crippen LogP contribution in [0.5, 0.6) is 0 Å². The minimum absolute atomic E-state index is 0.124. The fourth-order valence-electron chi connectivity index (χ4n) is 2.99. The highest BCUT2D eigenvalue weighted by Crippen LogP contribution is 2.26. The van der Waals surface area contributed by atoms with Crippen molar-refractivity contribution in [1.29, 1.82) is 0 Å². The second kappa shape index (κ2) is 7.22. The molecule has 0 radical (unpaired) electrons. The standard InChI is InChI=1S/C14H26N2O3/c1-3-15-13(14(17)18-4-2)7-8-16-9-11-5-6-12(10-16)19-11/h11-13,15H,3-10H2,1-2H3. The van der Waals surface area contributed by atoms with E-state index in [0.29, 0.717) is 18.8 Å². The topological polar surface area (TPSA) is 50.8 Å². The monoisotopic (exact) mass is 270 g/mol. The van der Waals surface area contributed by atoms with Crippen molar-refractivity contribution in [2.45, 2.75) is 51.4 Å². The number of likely N-dealkylation sites (N-methyl/N-ethyl adjacent to an activating group) is 1. The Morgan fingerprint density at radius 2 is 2.05 bits per heavy atom. The van der Waals surface area contributed by atoms with Gasteiger partial charge in [-0.15, -0.1) is 0 Å². The zero-order valence-corrected chi connectivity index (χ0v) is 12.1. The Morgan fingerprint density at radius 3 is 2.63 bits per heavy atom. The number of carbonyl (C=O) groups excluding carboxylic acids is 1. The van der Waals surface area contributed by atoms with E-state index in [1.807, 2.05) is 13.8 Å². The summed E-state index contributed by atoms with van der Waals surface area (Å²) in [6.45, 7) is 8.06. The SMILES string of the molecule is CCNC(CCN1CC2CCC(C1)O2)C(=O)OCC. The lowest BCUT2D eigenvalue weighted by molar-refractivity contribution is -0.146. The van der Waals surface area contributed by atoms with Crippen molar-refractivity contribution in [2.24, 2.45) is 0 Å². The molecule has 2 bridgehead atoms. The quantitative estimate of drug-likeness (QED) is 0.693. The molecule has 3 atom stereocenters. The fourth-order valence-corrected chi connectivity index (χ4v) is 2.99. The van der Waals surface area contributed by atoms with E-state index in [1.165, 1.54) is 12.8 Å². The van der Waals surface area contributed by atoms with Gasteiger partial charge in [-0.05, 0) is 32.7 Å². The van der Waals surface area contributed by atoms with Crippen LogP contribution in [0.3, 0.4) is 0 Å². The third-order valence-electron chi connectivity index (χ3n) is 3.87. The normalized spacial score (nSPS) is 28.3. The highest BCUT2D eigenvalue weighted by Gasteiger charge is 2.33. The van der Waals surface area contributed by atoms with E-state index in [9.17, 15) is 4.79 Å². The van der Waals surface area contributed by atoms with Gasteiger partial charge in [-0.1, -0.05) is 6.92 Å². The Hall–Kier alpha value is -0.650. The molecule has 2 fully saturated rings. The first-order valence-corrected chi connectivity index (χ1v) is 7.50. The number of nitrogens with zero attached hydrogens (tertiary/aromatic N) is 1. The summed E-state index contributed by atoms with van der Waals surface area (Å²) >= 11 is 0. The largest absolute Gasteiger partial charge is 0.465 e. The number of carbonyl (C=O) groups is 1. The molecule has 19 heavy (non-hydrogen) atoms. The first-order chi connectivity index (χ1) is 9.22. The van der Waals surface area contributed by atoms with Crippen LogP contribution in [0.4, 0.5) is 0 Å². The van der Waals surface area contributed by atoms with Crippen LogP contribution in [0.2, 0.25) is 0 Å². The first kappa shape index (κ1) is 14.8. The number of hydrogen-bond donors (Lipinski definition) is 1. The number of rotatable bonds is 7. The van der Waals surface area contributed by atoms with Gasteiger partial charge in [-0.25, -0.2) is 0 Å². The molecule has 2 saturated heterocycles. The molecule has 110 valence electrons. The summed E-state index contributed by atoms with van der Waals surface area (Å²) in [5.74, 6) is -0.124. The van der Waals surface area contributed by atoms with Crippen LogP contribution in [0.25, 0.3) is 0 Å². The molecule has 2 heterocycles. The predicted octanol–water partition coefficient (Wildman–Crippen LogP) is 0.781. The average Bonchev–Trinajstić information content (AvgIpc) is 2.74. The summed E-state index contributed by atoms with van der Waals surface area (Å²) in [5, 5.41) is 3.21. The number of fused-ring (bicyclic) bond motifs is 2. The molecule has 1 N–H and O–H groups in total. The zero-order valence-electron chi connectivity index (χ0n) is 12.1. The van der Waals surface area contributed by atoms with E-state index < -0.39 is 0 Å². The van der Waals surface area contributed by atoms with Crippen LogP contribution in [0.15, 0.2) is 0 Å². The zero-order chi connectivity index (χ0) is 13.7. The number of esters is 1. The number of morpholine rings is 1. The van der Waals surface area contributed by atoms with Gasteiger partial charge in [0.1, 0.15) is 6.04 Å². The third-order valence-corrected chi connectivity index (χ3v) is 3.87. The smallest absolute Gasteiger partial charge is 0.323 e. The van der Waals surface area contributed by atoms with Crippen molar-refractivity contribution in [3.05, 3.63) is 0 Å². The number of likely N-dealkylation sites (tertiary alicyclic amines) is 1. The highest BCUT2D eigenvalue weighted by molar-refractivity contribution is 5.75. The summed E-state index contributed by atoms with van der Waals surface area (Å²) in [6, 6.07) is -0.176. The molecular weight excluding hydrogens is 244 g/mol. The number of ether oxygens (including phenoxy) is 2. The molecule has 3 unspecified atom stereocenters. The van der Waals surface area contributed by atoms with E-state index >= 15 is 0 Å². The molecule has 0 aromatic heterocycles. The lowest BCUT2D eigenvalue weighted by Crippen LogP contribution is -2.46. The van der Waals surface area contributed by atoms with Crippen molar-refractivity contribution >= 4 is 5.97 Å². The Morgan fingerprint density at radius 1 is 1.37 bits per heavy atom. The first-order valence-electron chi connectivity index (χ1n) is 7.50. The van der Waals surface area contributed by atoms with Crippen LogP contribution in [-0.4, -0.2) is 61.9 Å². The fraction of sp³-hybridized carbons (Fsp3) is 0.929. The lowest BCUT2D eigenvalue weighted by Gasteiger charge is -2.32. The summed E-state index contributed by atoms with van der Waals surface area (Å²) in [5.41, 5.74) is 0. The number of hydrogen-bond acceptors (Lipinski definition) is 5. The van der Waals surface area contributed by atoms with Crippen LogP contribution in [-0.2, 0) is 14.3 Å². The molecule has 0 aromatic rings. The molecule has 0 amide bonds. The van der Waals surface area contributed by atoms with Gasteiger partial charge >= 0.3 is 5.97 Å². The molecule has 0 aromatic carbocycles. The van der Waals surface area contributed by atoms with Gasteiger partial charge in [0.2, 0.25) is 0 Å². The van der Waals surface area contributed by atoms with Crippen molar-refractivity contribution in [1.82, 2.24) is 10.2 Å². The molecule has 2 aliphatic rings. The summed E-state index contributed by atoms with van der Waals surface area (Å²) in [4.78, 5) is 14.2. The van der Waals surface area contributed by atoms with Gasteiger partial charge in [-0.2, -0.15) is 0 Å². The number of nitrogens with one attached hydrogen (secondary N) is 1. The molecule has 2 aliphatic heterocycles. The van der Waals surface area contributed by atoms with E-state index in [0.717, 1.165) is 32.6 Å². The van der Waals surface area contributed by atoms with Gasteiger partial charge < -0.3 is 14.8 Å². The van der Waals surface area contributed by atoms with Gasteiger partial charge in [0, 0.05) is 19.6 Å². The Kier molecular flexibility index (Phi) is 5.60. The minimum Gasteiger partial charge on any atom is -0.465 e. The maximum atomic E-state index is 11.8. The van der Waals surface area contributed by atoms with Crippen molar-refractivity contribution in [2.75, 3.05) is 32.8 Å². The van der Waals surface area contributed by atoms with Crippen molar-refractivity contribution in [3.8, 4) is 0 Å². The Bertz CT molecular complexity index is 286.